The van der Waals surface area contributed by atoms with Crippen LogP contribution in [-0.2, 0) is 14.3 Å². The molecule has 0 bridgehead atoms. The smallest absolute Gasteiger partial charge is 0.282 e. The first-order valence-electron chi connectivity index (χ1n) is 9.06. The Labute approximate surface area is 165 Å². The molecule has 0 aliphatic carbocycles. The topological polar surface area (TPSA) is 59.1 Å². The molecule has 0 atom stereocenters. The van der Waals surface area contributed by atoms with Gasteiger partial charge in [0.25, 0.3) is 11.8 Å². The van der Waals surface area contributed by atoms with E-state index in [4.69, 9.17) is 9.47 Å². The number of morpholine rings is 1. The van der Waals surface area contributed by atoms with Gasteiger partial charge >= 0.3 is 0 Å². The average Bonchev–Trinajstić information content (AvgIpc) is 3.00. The molecular formula is C21H18F2N2O4. The molecular weight excluding hydrogens is 382 g/mol. The average molecular weight is 400 g/mol. The predicted octanol–water partition coefficient (Wildman–Crippen LogP) is 2.59. The molecule has 2 amide bonds. The Hall–Kier alpha value is -3.26. The number of carbonyl (C=O) groups excluding carboxylic acids is 2. The fraction of sp³-hybridized carbons (Fsp3) is 0.238. The molecule has 1 saturated heterocycles. The molecule has 2 aliphatic heterocycles. The van der Waals surface area contributed by atoms with Crippen molar-refractivity contribution in [2.45, 2.75) is 0 Å². The molecule has 2 aliphatic rings. The fourth-order valence-electron chi connectivity index (χ4n) is 3.49. The van der Waals surface area contributed by atoms with Crippen LogP contribution in [0.2, 0.25) is 0 Å². The number of imide groups is 1. The summed E-state index contributed by atoms with van der Waals surface area (Å²) in [6.45, 7) is 1.62. The molecule has 2 aromatic carbocycles. The molecule has 2 heterocycles. The Morgan fingerprint density at radius 1 is 0.966 bits per heavy atom. The third-order valence-electron chi connectivity index (χ3n) is 4.91. The first-order chi connectivity index (χ1) is 14.0. The van der Waals surface area contributed by atoms with Crippen LogP contribution in [0, 0.1) is 11.6 Å². The second kappa shape index (κ2) is 7.63. The Kier molecular flexibility index (Phi) is 5.02. The molecule has 0 saturated carbocycles. The Balaban J connectivity index is 1.84. The third kappa shape index (κ3) is 3.36. The Morgan fingerprint density at radius 2 is 1.66 bits per heavy atom. The number of nitrogens with zero attached hydrogens (tertiary/aromatic N) is 2. The number of hydrogen-bond acceptors (Lipinski definition) is 5. The van der Waals surface area contributed by atoms with Gasteiger partial charge in [-0.25, -0.2) is 13.7 Å². The quantitative estimate of drug-likeness (QED) is 0.739. The van der Waals surface area contributed by atoms with Crippen molar-refractivity contribution in [1.82, 2.24) is 4.90 Å². The van der Waals surface area contributed by atoms with Gasteiger partial charge in [0.05, 0.1) is 31.6 Å². The van der Waals surface area contributed by atoms with Gasteiger partial charge in [-0.05, 0) is 29.8 Å². The van der Waals surface area contributed by atoms with Gasteiger partial charge in [-0.3, -0.25) is 9.59 Å². The summed E-state index contributed by atoms with van der Waals surface area (Å²) in [5.74, 6) is -2.40. The lowest BCUT2D eigenvalue weighted by Gasteiger charge is -2.29. The molecule has 150 valence electrons. The van der Waals surface area contributed by atoms with Crippen molar-refractivity contribution < 1.29 is 27.8 Å². The van der Waals surface area contributed by atoms with Crippen molar-refractivity contribution in [3.63, 3.8) is 0 Å². The normalized spacial score (nSPS) is 17.3. The summed E-state index contributed by atoms with van der Waals surface area (Å²) < 4.78 is 38.6. The summed E-state index contributed by atoms with van der Waals surface area (Å²) in [5, 5.41) is 0. The van der Waals surface area contributed by atoms with Crippen LogP contribution in [0.15, 0.2) is 48.2 Å². The number of hydrogen-bond donors (Lipinski definition) is 0. The number of carbonyl (C=O) groups is 2. The summed E-state index contributed by atoms with van der Waals surface area (Å²) >= 11 is 0. The van der Waals surface area contributed by atoms with E-state index in [1.165, 1.54) is 7.11 Å². The second-order valence-electron chi connectivity index (χ2n) is 6.59. The molecule has 0 radical (unpaired) electrons. The Bertz CT molecular complexity index is 998. The van der Waals surface area contributed by atoms with Crippen LogP contribution in [0.4, 0.5) is 14.5 Å². The van der Waals surface area contributed by atoms with Gasteiger partial charge in [-0.1, -0.05) is 12.1 Å². The van der Waals surface area contributed by atoms with E-state index in [1.807, 2.05) is 0 Å². The van der Waals surface area contributed by atoms with Gasteiger partial charge in [0.2, 0.25) is 0 Å². The van der Waals surface area contributed by atoms with Crippen molar-refractivity contribution in [1.29, 1.82) is 0 Å². The Morgan fingerprint density at radius 3 is 2.31 bits per heavy atom. The molecule has 0 aromatic heterocycles. The highest BCUT2D eigenvalue weighted by molar-refractivity contribution is 6.45. The zero-order chi connectivity index (χ0) is 20.5. The highest BCUT2D eigenvalue weighted by Crippen LogP contribution is 2.36. The first-order valence-corrected chi connectivity index (χ1v) is 9.06. The molecule has 29 heavy (non-hydrogen) atoms. The minimum atomic E-state index is -0.856. The van der Waals surface area contributed by atoms with Crippen molar-refractivity contribution >= 4 is 23.1 Å². The number of methoxy groups -OCH3 is 1. The SMILES string of the molecule is COc1ccc(C2=C(N3CCOCC3)C(=O)N(c3cc(F)ccc3F)C2=O)cc1. The van der Waals surface area contributed by atoms with Crippen LogP contribution >= 0.6 is 0 Å². The van der Waals surface area contributed by atoms with Crippen molar-refractivity contribution in [3.8, 4) is 5.75 Å². The van der Waals surface area contributed by atoms with Crippen LogP contribution in [-0.4, -0.2) is 50.1 Å². The van der Waals surface area contributed by atoms with Crippen LogP contribution < -0.4 is 9.64 Å². The summed E-state index contributed by atoms with van der Waals surface area (Å²) in [6.07, 6.45) is 0. The molecule has 0 spiro atoms. The van der Waals surface area contributed by atoms with Crippen LogP contribution in [0.5, 0.6) is 5.75 Å². The lowest BCUT2D eigenvalue weighted by molar-refractivity contribution is -0.121. The zero-order valence-corrected chi connectivity index (χ0v) is 15.7. The van der Waals surface area contributed by atoms with Gasteiger partial charge in [-0.15, -0.1) is 0 Å². The number of halogens is 2. The maximum atomic E-state index is 14.4. The monoisotopic (exact) mass is 400 g/mol. The van der Waals surface area contributed by atoms with Gasteiger partial charge < -0.3 is 14.4 Å². The van der Waals surface area contributed by atoms with E-state index in [9.17, 15) is 18.4 Å². The summed E-state index contributed by atoms with van der Waals surface area (Å²) in [7, 11) is 1.52. The van der Waals surface area contributed by atoms with Crippen molar-refractivity contribution in [2.24, 2.45) is 0 Å². The van der Waals surface area contributed by atoms with Crippen molar-refractivity contribution in [3.05, 3.63) is 65.4 Å². The summed E-state index contributed by atoms with van der Waals surface area (Å²) in [5.41, 5.74) is 0.384. The van der Waals surface area contributed by atoms with Crippen molar-refractivity contribution in [2.75, 3.05) is 38.3 Å². The van der Waals surface area contributed by atoms with Gasteiger partial charge in [0.15, 0.2) is 0 Å². The van der Waals surface area contributed by atoms with Crippen LogP contribution in [0.1, 0.15) is 5.56 Å². The number of ether oxygens (including phenoxy) is 2. The summed E-state index contributed by atoms with van der Waals surface area (Å²) in [6, 6.07) is 9.33. The summed E-state index contributed by atoms with van der Waals surface area (Å²) in [4.78, 5) is 28.9. The zero-order valence-electron chi connectivity index (χ0n) is 15.7. The fourth-order valence-corrected chi connectivity index (χ4v) is 3.49. The lowest BCUT2D eigenvalue weighted by atomic mass is 10.0. The largest absolute Gasteiger partial charge is 0.497 e. The second-order valence-corrected chi connectivity index (χ2v) is 6.59. The van der Waals surface area contributed by atoms with E-state index in [1.54, 1.807) is 29.2 Å². The van der Waals surface area contributed by atoms with Crippen LogP contribution in [0.3, 0.4) is 0 Å². The van der Waals surface area contributed by atoms with E-state index in [-0.39, 0.29) is 11.3 Å². The molecule has 8 heteroatoms. The molecule has 1 fully saturated rings. The van der Waals surface area contributed by atoms with Gasteiger partial charge in [0, 0.05) is 19.2 Å². The van der Waals surface area contributed by atoms with Gasteiger partial charge in [0.1, 0.15) is 23.1 Å². The van der Waals surface area contributed by atoms with Gasteiger partial charge in [-0.2, -0.15) is 0 Å². The maximum absolute atomic E-state index is 14.4. The van der Waals surface area contributed by atoms with E-state index in [0.29, 0.717) is 42.5 Å². The number of benzene rings is 2. The number of rotatable bonds is 4. The maximum Gasteiger partial charge on any atom is 0.282 e. The lowest BCUT2D eigenvalue weighted by Crippen LogP contribution is -2.40. The molecule has 2 aromatic rings. The van der Waals surface area contributed by atoms with E-state index in [0.717, 1.165) is 18.2 Å². The minimum Gasteiger partial charge on any atom is -0.497 e. The number of amides is 2. The molecule has 0 N–H and O–H groups in total. The molecule has 0 unspecified atom stereocenters. The third-order valence-corrected chi connectivity index (χ3v) is 4.91. The molecule has 4 rings (SSSR count). The predicted molar refractivity (Wildman–Crippen MR) is 101 cm³/mol. The highest BCUT2D eigenvalue weighted by atomic mass is 19.1. The van der Waals surface area contributed by atoms with E-state index < -0.39 is 29.1 Å². The first kappa shape index (κ1) is 19.1. The van der Waals surface area contributed by atoms with Crippen LogP contribution in [0.25, 0.3) is 5.57 Å². The molecule has 6 nitrogen and oxygen atoms in total. The highest BCUT2D eigenvalue weighted by Gasteiger charge is 2.43. The van der Waals surface area contributed by atoms with E-state index >= 15 is 0 Å². The minimum absolute atomic E-state index is 0.142. The van der Waals surface area contributed by atoms with E-state index in [2.05, 4.69) is 0 Å². The standard InChI is InChI=1S/C21H18F2N2O4/c1-28-15-5-2-13(3-6-15)18-19(24-8-10-29-11-9-24)21(27)25(20(18)26)17-12-14(22)4-7-16(17)23/h2-7,12H,8-11H2,1H3. The number of anilines is 1.